The summed E-state index contributed by atoms with van der Waals surface area (Å²) in [4.78, 5) is 12.0. The number of carbonyl (C=O) groups excluding carboxylic acids is 1. The van der Waals surface area contributed by atoms with Crippen LogP contribution in [0.15, 0.2) is 71.1 Å². The molecule has 0 aliphatic rings. The molecule has 0 saturated carbocycles. The molecule has 1 N–H and O–H groups in total. The van der Waals surface area contributed by atoms with Crippen LogP contribution in [0, 0.1) is 0 Å². The number of para-hydroxylation sites is 1. The van der Waals surface area contributed by atoms with Crippen molar-refractivity contribution in [1.82, 2.24) is 10.2 Å². The molecule has 2 aromatic carbocycles. The van der Waals surface area contributed by atoms with Crippen LogP contribution in [0.5, 0.6) is 0 Å². The minimum Gasteiger partial charge on any atom is -0.297 e. The Morgan fingerprint density at radius 3 is 2.36 bits per heavy atom. The highest BCUT2D eigenvalue weighted by Gasteiger charge is 2.28. The fourth-order valence-corrected chi connectivity index (χ4v) is 4.91. The molecule has 0 aliphatic carbocycles. The minimum absolute atomic E-state index is 0.116. The van der Waals surface area contributed by atoms with Gasteiger partial charge in [0, 0.05) is 12.6 Å². The molecule has 0 spiro atoms. The Kier molecular flexibility index (Phi) is 6.17. The molecular formula is C19H18N4O3S2. The summed E-state index contributed by atoms with van der Waals surface area (Å²) in [5, 5.41) is 10.2. The van der Waals surface area contributed by atoms with Crippen LogP contribution in [0.4, 0.5) is 10.8 Å². The lowest BCUT2D eigenvalue weighted by atomic mass is 10.2. The predicted molar refractivity (Wildman–Crippen MR) is 111 cm³/mol. The highest BCUT2D eigenvalue weighted by molar-refractivity contribution is 7.94. The zero-order valence-corrected chi connectivity index (χ0v) is 16.7. The van der Waals surface area contributed by atoms with Gasteiger partial charge in [0.1, 0.15) is 0 Å². The monoisotopic (exact) mass is 414 g/mol. The summed E-state index contributed by atoms with van der Waals surface area (Å²) in [5.41, 5.74) is 1.41. The molecule has 28 heavy (non-hydrogen) atoms. The summed E-state index contributed by atoms with van der Waals surface area (Å²) in [6.07, 6.45) is 3.01. The zero-order chi connectivity index (χ0) is 20.0. The maximum atomic E-state index is 12.9. The third-order valence-corrected chi connectivity index (χ3v) is 6.79. The predicted octanol–water partition coefficient (Wildman–Crippen LogP) is 3.41. The first-order chi connectivity index (χ1) is 13.5. The quantitative estimate of drug-likeness (QED) is 0.472. The largest absolute Gasteiger partial charge is 0.297 e. The van der Waals surface area contributed by atoms with Gasteiger partial charge in [0.05, 0.1) is 5.69 Å². The molecule has 9 heteroatoms. The molecule has 144 valence electrons. The topological polar surface area (TPSA) is 92.3 Å². The average Bonchev–Trinajstić information content (AvgIpc) is 3.18. The second kappa shape index (κ2) is 8.77. The van der Waals surface area contributed by atoms with Gasteiger partial charge in [-0.1, -0.05) is 59.9 Å². The van der Waals surface area contributed by atoms with Crippen molar-refractivity contribution in [2.45, 2.75) is 11.3 Å². The fourth-order valence-electron chi connectivity index (χ4n) is 2.43. The molecule has 1 amide bonds. The minimum atomic E-state index is -3.87. The van der Waals surface area contributed by atoms with Crippen molar-refractivity contribution in [3.8, 4) is 0 Å². The SMILES string of the molecule is CCN(c1ccccc1)S(=O)(=O)c1nnc(NC(=O)/C=C/c2ccccc2)s1. The molecule has 0 saturated heterocycles. The Bertz CT molecular complexity index is 1060. The highest BCUT2D eigenvalue weighted by Crippen LogP contribution is 2.27. The summed E-state index contributed by atoms with van der Waals surface area (Å²) in [7, 11) is -3.87. The van der Waals surface area contributed by atoms with Crippen molar-refractivity contribution in [1.29, 1.82) is 0 Å². The number of hydrogen-bond acceptors (Lipinski definition) is 6. The van der Waals surface area contributed by atoms with Gasteiger partial charge in [0.15, 0.2) is 0 Å². The van der Waals surface area contributed by atoms with Crippen LogP contribution in [-0.4, -0.2) is 31.1 Å². The van der Waals surface area contributed by atoms with E-state index in [1.165, 1.54) is 10.4 Å². The van der Waals surface area contributed by atoms with Gasteiger partial charge >= 0.3 is 0 Å². The van der Waals surface area contributed by atoms with E-state index in [1.54, 1.807) is 37.3 Å². The summed E-state index contributed by atoms with van der Waals surface area (Å²) in [6.45, 7) is 1.98. The Hall–Kier alpha value is -3.04. The first-order valence-electron chi connectivity index (χ1n) is 8.46. The zero-order valence-electron chi connectivity index (χ0n) is 15.0. The van der Waals surface area contributed by atoms with Gasteiger partial charge < -0.3 is 0 Å². The smallest absolute Gasteiger partial charge is 0.293 e. The summed E-state index contributed by atoms with van der Waals surface area (Å²) in [6, 6.07) is 18.1. The lowest BCUT2D eigenvalue weighted by Crippen LogP contribution is -2.30. The van der Waals surface area contributed by atoms with Gasteiger partial charge in [-0.15, -0.1) is 10.2 Å². The molecule has 0 unspecified atom stereocenters. The maximum absolute atomic E-state index is 12.9. The number of hydrogen-bond donors (Lipinski definition) is 1. The van der Waals surface area contributed by atoms with Crippen molar-refractivity contribution in [2.24, 2.45) is 0 Å². The number of amides is 1. The molecule has 0 radical (unpaired) electrons. The van der Waals surface area contributed by atoms with Gasteiger partial charge in [-0.2, -0.15) is 8.42 Å². The van der Waals surface area contributed by atoms with Crippen LogP contribution in [0.1, 0.15) is 12.5 Å². The molecule has 0 aliphatic heterocycles. The van der Waals surface area contributed by atoms with E-state index in [-0.39, 0.29) is 16.0 Å². The van der Waals surface area contributed by atoms with Crippen molar-refractivity contribution < 1.29 is 13.2 Å². The van der Waals surface area contributed by atoms with Gasteiger partial charge in [-0.05, 0) is 30.7 Å². The normalized spacial score (nSPS) is 11.5. The fraction of sp³-hybridized carbons (Fsp3) is 0.105. The van der Waals surface area contributed by atoms with Crippen LogP contribution in [0.3, 0.4) is 0 Å². The van der Waals surface area contributed by atoms with Crippen molar-refractivity contribution >= 4 is 44.2 Å². The van der Waals surface area contributed by atoms with Crippen molar-refractivity contribution in [3.63, 3.8) is 0 Å². The molecule has 0 fully saturated rings. The molecule has 3 aromatic rings. The second-order valence-electron chi connectivity index (χ2n) is 5.61. The van der Waals surface area contributed by atoms with Crippen LogP contribution >= 0.6 is 11.3 Å². The number of aromatic nitrogens is 2. The first-order valence-corrected chi connectivity index (χ1v) is 10.7. The van der Waals surface area contributed by atoms with E-state index in [9.17, 15) is 13.2 Å². The molecule has 7 nitrogen and oxygen atoms in total. The number of nitrogens with one attached hydrogen (secondary N) is 1. The standard InChI is InChI=1S/C19H18N4O3S2/c1-2-23(16-11-7-4-8-12-16)28(25,26)19-22-21-18(27-19)20-17(24)14-13-15-9-5-3-6-10-15/h3-14H,2H2,1H3,(H,20,21,24)/b14-13+. The lowest BCUT2D eigenvalue weighted by Gasteiger charge is -2.20. The van der Waals surface area contributed by atoms with Gasteiger partial charge in [0.2, 0.25) is 11.0 Å². The average molecular weight is 415 g/mol. The number of carbonyl (C=O) groups is 1. The molecule has 3 rings (SSSR count). The number of anilines is 2. The number of nitrogens with zero attached hydrogens (tertiary/aromatic N) is 3. The van der Waals surface area contributed by atoms with E-state index in [0.717, 1.165) is 16.9 Å². The Balaban J connectivity index is 1.74. The Morgan fingerprint density at radius 1 is 1.07 bits per heavy atom. The van der Waals surface area contributed by atoms with Crippen LogP contribution in [-0.2, 0) is 14.8 Å². The Labute approximate surface area is 167 Å². The van der Waals surface area contributed by atoms with E-state index < -0.39 is 15.9 Å². The first kappa shape index (κ1) is 19.7. The number of rotatable bonds is 7. The molecule has 0 atom stereocenters. The summed E-state index contributed by atoms with van der Waals surface area (Å²) >= 11 is 0.811. The van der Waals surface area contributed by atoms with E-state index in [1.807, 2.05) is 36.4 Å². The Morgan fingerprint density at radius 2 is 1.71 bits per heavy atom. The highest BCUT2D eigenvalue weighted by atomic mass is 32.2. The van der Waals surface area contributed by atoms with Gasteiger partial charge in [-0.3, -0.25) is 14.4 Å². The van der Waals surface area contributed by atoms with E-state index in [0.29, 0.717) is 5.69 Å². The van der Waals surface area contributed by atoms with Crippen LogP contribution < -0.4 is 9.62 Å². The van der Waals surface area contributed by atoms with Crippen molar-refractivity contribution in [3.05, 3.63) is 72.3 Å². The molecule has 1 aromatic heterocycles. The van der Waals surface area contributed by atoms with Gasteiger partial charge in [0.25, 0.3) is 14.4 Å². The van der Waals surface area contributed by atoms with Gasteiger partial charge in [-0.25, -0.2) is 0 Å². The van der Waals surface area contributed by atoms with Crippen LogP contribution in [0.25, 0.3) is 6.08 Å². The second-order valence-corrected chi connectivity index (χ2v) is 8.63. The number of sulfonamides is 1. The third kappa shape index (κ3) is 4.62. The maximum Gasteiger partial charge on any atom is 0.293 e. The molecule has 0 bridgehead atoms. The molecular weight excluding hydrogens is 396 g/mol. The van der Waals surface area contributed by atoms with Crippen LogP contribution in [0.2, 0.25) is 0 Å². The van der Waals surface area contributed by atoms with Crippen molar-refractivity contribution in [2.75, 3.05) is 16.2 Å². The summed E-state index contributed by atoms with van der Waals surface area (Å²) < 4.78 is 26.8. The molecule has 1 heterocycles. The van der Waals surface area contributed by atoms with E-state index in [2.05, 4.69) is 15.5 Å². The lowest BCUT2D eigenvalue weighted by molar-refractivity contribution is -0.111. The number of benzene rings is 2. The van der Waals surface area contributed by atoms with E-state index in [4.69, 9.17) is 0 Å². The van der Waals surface area contributed by atoms with E-state index >= 15 is 0 Å². The summed E-state index contributed by atoms with van der Waals surface area (Å²) in [5.74, 6) is -0.417. The third-order valence-electron chi connectivity index (χ3n) is 3.71.